The van der Waals surface area contributed by atoms with Gasteiger partial charge in [0, 0.05) is 37.4 Å². The van der Waals surface area contributed by atoms with Gasteiger partial charge in [-0.15, -0.1) is 0 Å². The maximum atomic E-state index is 12.8. The van der Waals surface area contributed by atoms with Crippen molar-refractivity contribution in [1.29, 1.82) is 0 Å². The number of nitrogens with zero attached hydrogens (tertiary/aromatic N) is 2. The Hall–Kier alpha value is -2.25. The summed E-state index contributed by atoms with van der Waals surface area (Å²) in [6, 6.07) is 10.9. The van der Waals surface area contributed by atoms with Crippen LogP contribution in [0.5, 0.6) is 5.75 Å². The van der Waals surface area contributed by atoms with Gasteiger partial charge < -0.3 is 25.6 Å². The number of rotatable bonds is 5. The van der Waals surface area contributed by atoms with Gasteiger partial charge in [-0.05, 0) is 58.9 Å². The van der Waals surface area contributed by atoms with E-state index in [9.17, 15) is 4.79 Å². The second-order valence-electron chi connectivity index (χ2n) is 6.50. The van der Waals surface area contributed by atoms with Crippen molar-refractivity contribution in [3.8, 4) is 5.75 Å². The predicted octanol–water partition coefficient (Wildman–Crippen LogP) is 3.43. The van der Waals surface area contributed by atoms with Crippen molar-refractivity contribution < 1.29 is 9.53 Å². The first kappa shape index (κ1) is 19.5. The van der Waals surface area contributed by atoms with Gasteiger partial charge in [0.25, 0.3) is 5.91 Å². The summed E-state index contributed by atoms with van der Waals surface area (Å²) in [5.41, 5.74) is 8.88. The van der Waals surface area contributed by atoms with E-state index in [0.717, 1.165) is 48.6 Å². The van der Waals surface area contributed by atoms with Crippen LogP contribution in [0.4, 0.5) is 17.1 Å². The number of halogens is 1. The highest BCUT2D eigenvalue weighted by atomic mass is 79.9. The number of piperazine rings is 1. The van der Waals surface area contributed by atoms with Crippen LogP contribution in [-0.2, 0) is 0 Å². The average Bonchev–Trinajstić information content (AvgIpc) is 2.68. The molecule has 6 nitrogen and oxygen atoms in total. The van der Waals surface area contributed by atoms with Gasteiger partial charge in [-0.2, -0.15) is 0 Å². The average molecular weight is 433 g/mol. The number of nitrogens with two attached hydrogens (primary N) is 1. The number of amides is 1. The van der Waals surface area contributed by atoms with E-state index in [4.69, 9.17) is 10.5 Å². The first-order valence-electron chi connectivity index (χ1n) is 9.03. The summed E-state index contributed by atoms with van der Waals surface area (Å²) in [6.07, 6.45) is 0. The lowest BCUT2D eigenvalue weighted by molar-refractivity contribution is 0.102. The Morgan fingerprint density at radius 2 is 1.93 bits per heavy atom. The number of benzene rings is 2. The Morgan fingerprint density at radius 1 is 1.19 bits per heavy atom. The Balaban J connectivity index is 1.81. The smallest absolute Gasteiger partial charge is 0.255 e. The van der Waals surface area contributed by atoms with E-state index in [1.807, 2.05) is 18.2 Å². The summed E-state index contributed by atoms with van der Waals surface area (Å²) >= 11 is 3.42. The van der Waals surface area contributed by atoms with E-state index in [1.165, 1.54) is 0 Å². The third-order valence-corrected chi connectivity index (χ3v) is 5.46. The predicted molar refractivity (Wildman–Crippen MR) is 114 cm³/mol. The molecule has 1 aliphatic heterocycles. The summed E-state index contributed by atoms with van der Waals surface area (Å²) in [6.45, 7) is 7.12. The van der Waals surface area contributed by atoms with Gasteiger partial charge in [-0.1, -0.05) is 6.92 Å². The molecule has 2 aromatic carbocycles. The number of likely N-dealkylation sites (N-methyl/N-ethyl adjacent to an activating group) is 1. The lowest BCUT2D eigenvalue weighted by Gasteiger charge is -2.36. The van der Waals surface area contributed by atoms with E-state index in [-0.39, 0.29) is 5.91 Å². The second-order valence-corrected chi connectivity index (χ2v) is 7.36. The molecule has 27 heavy (non-hydrogen) atoms. The summed E-state index contributed by atoms with van der Waals surface area (Å²) in [5.74, 6) is 0.502. The topological polar surface area (TPSA) is 70.8 Å². The molecule has 0 atom stereocenters. The largest absolute Gasteiger partial charge is 0.496 e. The van der Waals surface area contributed by atoms with Crippen LogP contribution in [0.2, 0.25) is 0 Å². The van der Waals surface area contributed by atoms with Crippen LogP contribution in [0, 0.1) is 0 Å². The lowest BCUT2D eigenvalue weighted by atomic mass is 10.1. The molecular weight excluding hydrogens is 408 g/mol. The van der Waals surface area contributed by atoms with E-state index in [1.54, 1.807) is 25.3 Å². The van der Waals surface area contributed by atoms with Gasteiger partial charge in [0.1, 0.15) is 5.75 Å². The third-order valence-electron chi connectivity index (χ3n) is 4.84. The van der Waals surface area contributed by atoms with Crippen LogP contribution in [0.1, 0.15) is 17.3 Å². The Morgan fingerprint density at radius 3 is 2.56 bits per heavy atom. The molecule has 7 heteroatoms. The fourth-order valence-electron chi connectivity index (χ4n) is 3.24. The molecular formula is C20H25BrN4O2. The first-order valence-corrected chi connectivity index (χ1v) is 9.83. The molecule has 0 bridgehead atoms. The van der Waals surface area contributed by atoms with E-state index < -0.39 is 0 Å². The van der Waals surface area contributed by atoms with Crippen molar-refractivity contribution in [3.05, 3.63) is 46.4 Å². The maximum Gasteiger partial charge on any atom is 0.255 e. The number of nitrogens with one attached hydrogen (secondary N) is 1. The number of anilines is 3. The Kier molecular flexibility index (Phi) is 6.23. The monoisotopic (exact) mass is 432 g/mol. The van der Waals surface area contributed by atoms with Crippen molar-refractivity contribution in [1.82, 2.24) is 4.90 Å². The number of carbonyl (C=O) groups excluding carboxylic acids is 1. The first-order chi connectivity index (χ1) is 13.0. The van der Waals surface area contributed by atoms with Crippen molar-refractivity contribution in [2.24, 2.45) is 0 Å². The summed E-state index contributed by atoms with van der Waals surface area (Å²) in [4.78, 5) is 17.5. The molecule has 1 saturated heterocycles. The molecule has 0 unspecified atom stereocenters. The SMILES string of the molecule is CCN1CCN(c2ccc(N)cc2NC(=O)c2ccc(OC)c(Br)c2)CC1. The molecule has 1 aliphatic rings. The minimum Gasteiger partial charge on any atom is -0.496 e. The van der Waals surface area contributed by atoms with Crippen molar-refractivity contribution in [2.75, 3.05) is 55.8 Å². The Bertz CT molecular complexity index is 820. The maximum absolute atomic E-state index is 12.8. The molecule has 0 radical (unpaired) electrons. The molecule has 1 heterocycles. The minimum absolute atomic E-state index is 0.183. The molecule has 1 amide bonds. The molecule has 0 aliphatic carbocycles. The number of hydrogen-bond acceptors (Lipinski definition) is 5. The lowest BCUT2D eigenvalue weighted by Crippen LogP contribution is -2.46. The third kappa shape index (κ3) is 4.54. The van der Waals surface area contributed by atoms with Crippen LogP contribution in [0.15, 0.2) is 40.9 Å². The van der Waals surface area contributed by atoms with Gasteiger partial charge in [-0.25, -0.2) is 0 Å². The number of ether oxygens (including phenoxy) is 1. The van der Waals surface area contributed by atoms with Crippen LogP contribution < -0.4 is 20.7 Å². The molecule has 3 rings (SSSR count). The van der Waals surface area contributed by atoms with Crippen LogP contribution in [-0.4, -0.2) is 50.6 Å². The number of carbonyl (C=O) groups is 1. The van der Waals surface area contributed by atoms with Crippen molar-refractivity contribution >= 4 is 38.9 Å². The van der Waals surface area contributed by atoms with Gasteiger partial charge in [0.15, 0.2) is 0 Å². The van der Waals surface area contributed by atoms with Crippen LogP contribution in [0.25, 0.3) is 0 Å². The van der Waals surface area contributed by atoms with Crippen molar-refractivity contribution in [2.45, 2.75) is 6.92 Å². The molecule has 144 valence electrons. The highest BCUT2D eigenvalue weighted by Crippen LogP contribution is 2.31. The van der Waals surface area contributed by atoms with Gasteiger partial charge >= 0.3 is 0 Å². The zero-order valence-electron chi connectivity index (χ0n) is 15.7. The highest BCUT2D eigenvalue weighted by molar-refractivity contribution is 9.10. The molecule has 2 aromatic rings. The van der Waals surface area contributed by atoms with E-state index in [2.05, 4.69) is 38.0 Å². The standard InChI is InChI=1S/C20H25BrN4O2/c1-3-24-8-10-25(11-9-24)18-6-5-15(22)13-17(18)23-20(26)14-4-7-19(27-2)16(21)12-14/h4-7,12-13H,3,8-11,22H2,1-2H3,(H,23,26). The van der Waals surface area contributed by atoms with E-state index >= 15 is 0 Å². The van der Waals surface area contributed by atoms with Gasteiger partial charge in [-0.3, -0.25) is 4.79 Å². The Labute approximate surface area is 168 Å². The zero-order valence-corrected chi connectivity index (χ0v) is 17.3. The molecule has 1 fully saturated rings. The minimum atomic E-state index is -0.183. The molecule has 0 saturated carbocycles. The molecule has 3 N–H and O–H groups in total. The fraction of sp³-hybridized carbons (Fsp3) is 0.350. The highest BCUT2D eigenvalue weighted by Gasteiger charge is 2.20. The molecule has 0 aromatic heterocycles. The van der Waals surface area contributed by atoms with Crippen LogP contribution in [0.3, 0.4) is 0 Å². The van der Waals surface area contributed by atoms with Crippen molar-refractivity contribution in [3.63, 3.8) is 0 Å². The van der Waals surface area contributed by atoms with E-state index in [0.29, 0.717) is 17.0 Å². The quantitative estimate of drug-likeness (QED) is 0.708. The fourth-order valence-corrected chi connectivity index (χ4v) is 3.78. The summed E-state index contributed by atoms with van der Waals surface area (Å²) < 4.78 is 5.96. The van der Waals surface area contributed by atoms with Gasteiger partial charge in [0.05, 0.1) is 23.0 Å². The second kappa shape index (κ2) is 8.63. The summed E-state index contributed by atoms with van der Waals surface area (Å²) in [5, 5.41) is 3.02. The number of nitrogen functional groups attached to an aromatic ring is 1. The van der Waals surface area contributed by atoms with Crippen LogP contribution >= 0.6 is 15.9 Å². The zero-order chi connectivity index (χ0) is 19.4. The summed E-state index contributed by atoms with van der Waals surface area (Å²) in [7, 11) is 1.59. The number of methoxy groups -OCH3 is 1. The molecule has 0 spiro atoms. The normalized spacial score (nSPS) is 14.9. The van der Waals surface area contributed by atoms with Gasteiger partial charge in [0.2, 0.25) is 0 Å². The number of hydrogen-bond donors (Lipinski definition) is 2.